The molecule has 0 aromatic heterocycles. The summed E-state index contributed by atoms with van der Waals surface area (Å²) in [6.07, 6.45) is 2.65. The van der Waals surface area contributed by atoms with Gasteiger partial charge in [0.25, 0.3) is 0 Å². The smallest absolute Gasteiger partial charge is 0.225 e. The molecule has 1 aliphatic heterocycles. The van der Waals surface area contributed by atoms with Crippen molar-refractivity contribution in [1.29, 1.82) is 0 Å². The fourth-order valence-corrected chi connectivity index (χ4v) is 2.99. The summed E-state index contributed by atoms with van der Waals surface area (Å²) in [4.78, 5) is 18.6. The lowest BCUT2D eigenvalue weighted by atomic mass is 9.96. The summed E-state index contributed by atoms with van der Waals surface area (Å²) in [5.41, 5.74) is 2.24. The summed E-state index contributed by atoms with van der Waals surface area (Å²) in [7, 11) is 1.75. The van der Waals surface area contributed by atoms with E-state index in [4.69, 9.17) is 0 Å². The molecule has 1 heterocycles. The maximum atomic E-state index is 11.8. The van der Waals surface area contributed by atoms with Crippen molar-refractivity contribution >= 4 is 11.9 Å². The van der Waals surface area contributed by atoms with Gasteiger partial charge in [-0.15, -0.1) is 0 Å². The molecule has 150 valence electrons. The van der Waals surface area contributed by atoms with Crippen LogP contribution in [0.25, 0.3) is 0 Å². The minimum Gasteiger partial charge on any atom is -0.355 e. The summed E-state index contributed by atoms with van der Waals surface area (Å²) in [6.45, 7) is 11.2. The SMILES string of the molecule is CN=C(NCCNC(=O)C(C)(C)C)NCc1ccc(CN2CCCC2)cc1. The van der Waals surface area contributed by atoms with Crippen LogP contribution < -0.4 is 16.0 Å². The Hall–Kier alpha value is -2.08. The van der Waals surface area contributed by atoms with Gasteiger partial charge in [0.15, 0.2) is 5.96 Å². The van der Waals surface area contributed by atoms with Gasteiger partial charge in [-0.2, -0.15) is 0 Å². The summed E-state index contributed by atoms with van der Waals surface area (Å²) in [5.74, 6) is 0.794. The Morgan fingerprint density at radius 3 is 2.19 bits per heavy atom. The lowest BCUT2D eigenvalue weighted by Crippen LogP contribution is -2.43. The van der Waals surface area contributed by atoms with Gasteiger partial charge in [-0.05, 0) is 37.1 Å². The molecule has 1 saturated heterocycles. The molecular weight excluding hydrogens is 338 g/mol. The topological polar surface area (TPSA) is 68.8 Å². The van der Waals surface area contributed by atoms with Gasteiger partial charge in [0.1, 0.15) is 0 Å². The minimum absolute atomic E-state index is 0.0567. The van der Waals surface area contributed by atoms with E-state index in [2.05, 4.69) is 50.1 Å². The van der Waals surface area contributed by atoms with E-state index in [0.717, 1.165) is 19.0 Å². The van der Waals surface area contributed by atoms with Crippen LogP contribution >= 0.6 is 0 Å². The Morgan fingerprint density at radius 1 is 1.00 bits per heavy atom. The molecule has 0 radical (unpaired) electrons. The standard InChI is InChI=1S/C21H35N5O/c1-21(2,3)19(27)23-11-12-24-20(22-4)25-15-17-7-9-18(10-8-17)16-26-13-5-6-14-26/h7-10H,5-6,11-16H2,1-4H3,(H,23,27)(H2,22,24,25). The fourth-order valence-electron chi connectivity index (χ4n) is 2.99. The predicted octanol–water partition coefficient (Wildman–Crippen LogP) is 2.11. The van der Waals surface area contributed by atoms with Crippen molar-refractivity contribution < 1.29 is 4.79 Å². The molecule has 0 bridgehead atoms. The number of carbonyl (C=O) groups excluding carboxylic acids is 1. The average Bonchev–Trinajstić information content (AvgIpc) is 3.14. The van der Waals surface area contributed by atoms with Crippen molar-refractivity contribution in [3.63, 3.8) is 0 Å². The van der Waals surface area contributed by atoms with E-state index in [9.17, 15) is 4.79 Å². The fraction of sp³-hybridized carbons (Fsp3) is 0.619. The molecule has 6 heteroatoms. The van der Waals surface area contributed by atoms with Crippen molar-refractivity contribution in [2.75, 3.05) is 33.2 Å². The zero-order chi connectivity index (χ0) is 19.7. The quantitative estimate of drug-likeness (QED) is 0.389. The van der Waals surface area contributed by atoms with Gasteiger partial charge in [0, 0.05) is 38.6 Å². The average molecular weight is 374 g/mol. The van der Waals surface area contributed by atoms with E-state index in [1.807, 2.05) is 20.8 Å². The second-order valence-electron chi connectivity index (χ2n) is 8.16. The third kappa shape index (κ3) is 7.59. The number of guanidine groups is 1. The van der Waals surface area contributed by atoms with Gasteiger partial charge in [-0.1, -0.05) is 45.0 Å². The van der Waals surface area contributed by atoms with E-state index < -0.39 is 0 Å². The largest absolute Gasteiger partial charge is 0.355 e. The van der Waals surface area contributed by atoms with E-state index in [1.54, 1.807) is 7.05 Å². The Kier molecular flexibility index (Phi) is 8.10. The highest BCUT2D eigenvalue weighted by Gasteiger charge is 2.20. The second-order valence-corrected chi connectivity index (χ2v) is 8.16. The third-order valence-electron chi connectivity index (χ3n) is 4.70. The number of nitrogens with one attached hydrogen (secondary N) is 3. The normalized spacial score (nSPS) is 15.6. The molecule has 0 saturated carbocycles. The first-order chi connectivity index (χ1) is 12.9. The number of hydrogen-bond donors (Lipinski definition) is 3. The van der Waals surface area contributed by atoms with Crippen molar-refractivity contribution in [1.82, 2.24) is 20.9 Å². The molecule has 1 aromatic carbocycles. The van der Waals surface area contributed by atoms with Gasteiger partial charge in [-0.25, -0.2) is 0 Å². The molecule has 1 aromatic rings. The molecular formula is C21H35N5O. The van der Waals surface area contributed by atoms with Crippen LogP contribution in [0.4, 0.5) is 0 Å². The Bertz CT molecular complexity index is 612. The highest BCUT2D eigenvalue weighted by atomic mass is 16.2. The predicted molar refractivity (Wildman–Crippen MR) is 112 cm³/mol. The molecule has 0 unspecified atom stereocenters. The monoisotopic (exact) mass is 373 g/mol. The number of aliphatic imine (C=N–C) groups is 1. The van der Waals surface area contributed by atoms with Crippen LogP contribution in [0.1, 0.15) is 44.7 Å². The molecule has 0 aliphatic carbocycles. The summed E-state index contributed by atoms with van der Waals surface area (Å²) in [6, 6.07) is 8.78. The summed E-state index contributed by atoms with van der Waals surface area (Å²) >= 11 is 0. The third-order valence-corrected chi connectivity index (χ3v) is 4.70. The summed E-state index contributed by atoms with van der Waals surface area (Å²) < 4.78 is 0. The number of amides is 1. The van der Waals surface area contributed by atoms with Crippen LogP contribution in [0.2, 0.25) is 0 Å². The maximum Gasteiger partial charge on any atom is 0.225 e. The molecule has 3 N–H and O–H groups in total. The van der Waals surface area contributed by atoms with Crippen molar-refractivity contribution in [2.24, 2.45) is 10.4 Å². The Labute approximate surface area is 163 Å². The lowest BCUT2D eigenvalue weighted by Gasteiger charge is -2.18. The van der Waals surface area contributed by atoms with Gasteiger partial charge in [0.05, 0.1) is 0 Å². The highest BCUT2D eigenvalue weighted by molar-refractivity contribution is 5.81. The van der Waals surface area contributed by atoms with E-state index >= 15 is 0 Å². The molecule has 1 fully saturated rings. The Morgan fingerprint density at radius 2 is 1.59 bits per heavy atom. The van der Waals surface area contributed by atoms with Crippen molar-refractivity contribution in [3.8, 4) is 0 Å². The maximum absolute atomic E-state index is 11.8. The zero-order valence-electron chi connectivity index (χ0n) is 17.3. The Balaban J connectivity index is 1.68. The van der Waals surface area contributed by atoms with Crippen molar-refractivity contribution in [2.45, 2.75) is 46.7 Å². The second kappa shape index (κ2) is 10.3. The number of likely N-dealkylation sites (tertiary alicyclic amines) is 1. The number of nitrogens with zero attached hydrogens (tertiary/aromatic N) is 2. The lowest BCUT2D eigenvalue weighted by molar-refractivity contribution is -0.128. The molecule has 1 aliphatic rings. The number of benzene rings is 1. The molecule has 2 rings (SSSR count). The first-order valence-electron chi connectivity index (χ1n) is 9.91. The van der Waals surface area contributed by atoms with Crippen LogP contribution in [-0.2, 0) is 17.9 Å². The van der Waals surface area contributed by atoms with Crippen LogP contribution in [0, 0.1) is 5.41 Å². The van der Waals surface area contributed by atoms with E-state index in [-0.39, 0.29) is 11.3 Å². The number of rotatable bonds is 7. The zero-order valence-corrected chi connectivity index (χ0v) is 17.3. The highest BCUT2D eigenvalue weighted by Crippen LogP contribution is 2.13. The first kappa shape index (κ1) is 21.2. The van der Waals surface area contributed by atoms with Crippen LogP contribution in [-0.4, -0.2) is 50.0 Å². The van der Waals surface area contributed by atoms with Crippen LogP contribution in [0.15, 0.2) is 29.3 Å². The number of hydrogen-bond acceptors (Lipinski definition) is 3. The van der Waals surface area contributed by atoms with Gasteiger partial charge < -0.3 is 16.0 Å². The van der Waals surface area contributed by atoms with Crippen molar-refractivity contribution in [3.05, 3.63) is 35.4 Å². The van der Waals surface area contributed by atoms with Gasteiger partial charge in [0.2, 0.25) is 5.91 Å². The summed E-state index contributed by atoms with van der Waals surface area (Å²) in [5, 5.41) is 9.46. The minimum atomic E-state index is -0.360. The van der Waals surface area contributed by atoms with Crippen LogP contribution in [0.5, 0.6) is 0 Å². The van der Waals surface area contributed by atoms with Gasteiger partial charge >= 0.3 is 0 Å². The molecule has 6 nitrogen and oxygen atoms in total. The number of carbonyl (C=O) groups is 1. The first-order valence-corrected chi connectivity index (χ1v) is 9.91. The molecule has 0 spiro atoms. The van der Waals surface area contributed by atoms with E-state index in [0.29, 0.717) is 13.1 Å². The molecule has 0 atom stereocenters. The van der Waals surface area contributed by atoms with Crippen LogP contribution in [0.3, 0.4) is 0 Å². The molecule has 27 heavy (non-hydrogen) atoms. The van der Waals surface area contributed by atoms with E-state index in [1.165, 1.54) is 37.1 Å². The van der Waals surface area contributed by atoms with Gasteiger partial charge in [-0.3, -0.25) is 14.7 Å². The molecule has 1 amide bonds.